The fourth-order valence-corrected chi connectivity index (χ4v) is 5.19. The normalized spacial score (nSPS) is 17.2. The van der Waals surface area contributed by atoms with Gasteiger partial charge in [-0.25, -0.2) is 25.9 Å². The van der Waals surface area contributed by atoms with Crippen molar-refractivity contribution in [2.45, 2.75) is 25.7 Å². The summed E-state index contributed by atoms with van der Waals surface area (Å²) in [6.45, 7) is 1.02. The molecule has 1 aromatic rings. The molecule has 8 heteroatoms. The third-order valence-corrected chi connectivity index (χ3v) is 7.15. The highest BCUT2D eigenvalue weighted by Gasteiger charge is 2.24. The van der Waals surface area contributed by atoms with E-state index in [2.05, 4.69) is 4.72 Å². The molecule has 0 bridgehead atoms. The average molecular weight is 361 g/mol. The van der Waals surface area contributed by atoms with Gasteiger partial charge in [0.2, 0.25) is 20.0 Å². The second-order valence-electron chi connectivity index (χ2n) is 5.72. The Morgan fingerprint density at radius 1 is 0.913 bits per heavy atom. The molecule has 0 saturated carbocycles. The van der Waals surface area contributed by atoms with Crippen LogP contribution in [0.5, 0.6) is 0 Å². The van der Waals surface area contributed by atoms with Crippen molar-refractivity contribution in [3.63, 3.8) is 0 Å². The van der Waals surface area contributed by atoms with Gasteiger partial charge in [0.05, 0.1) is 11.5 Å². The van der Waals surface area contributed by atoms with E-state index in [1.807, 2.05) is 30.3 Å². The second-order valence-corrected chi connectivity index (χ2v) is 9.74. The van der Waals surface area contributed by atoms with E-state index in [9.17, 15) is 16.8 Å². The lowest BCUT2D eigenvalue weighted by Crippen LogP contribution is -2.40. The summed E-state index contributed by atoms with van der Waals surface area (Å²) in [5.74, 6) is -0.224. The number of nitrogens with zero attached hydrogens (tertiary/aromatic N) is 1. The number of benzene rings is 1. The first kappa shape index (κ1) is 18.4. The molecule has 1 heterocycles. The molecule has 6 nitrogen and oxygen atoms in total. The van der Waals surface area contributed by atoms with Gasteiger partial charge in [0, 0.05) is 19.6 Å². The van der Waals surface area contributed by atoms with Gasteiger partial charge in [-0.1, -0.05) is 36.8 Å². The Kier molecular flexibility index (Phi) is 6.58. The second kappa shape index (κ2) is 8.23. The molecular weight excluding hydrogens is 336 g/mol. The van der Waals surface area contributed by atoms with E-state index in [0.717, 1.165) is 24.8 Å². The lowest BCUT2D eigenvalue weighted by atomic mass is 10.2. The summed E-state index contributed by atoms with van der Waals surface area (Å²) in [4.78, 5) is 0. The van der Waals surface area contributed by atoms with Crippen molar-refractivity contribution in [1.82, 2.24) is 9.03 Å². The van der Waals surface area contributed by atoms with Crippen molar-refractivity contribution in [2.75, 3.05) is 31.1 Å². The molecule has 1 fully saturated rings. The van der Waals surface area contributed by atoms with E-state index in [1.54, 1.807) is 0 Å². The number of aryl methyl sites for hydroxylation is 1. The van der Waals surface area contributed by atoms with Crippen molar-refractivity contribution in [2.24, 2.45) is 0 Å². The number of hydrogen-bond acceptors (Lipinski definition) is 4. The van der Waals surface area contributed by atoms with Gasteiger partial charge in [0.25, 0.3) is 0 Å². The molecule has 23 heavy (non-hydrogen) atoms. The summed E-state index contributed by atoms with van der Waals surface area (Å²) in [5.41, 5.74) is 0.943. The lowest BCUT2D eigenvalue weighted by molar-refractivity contribution is 0.346. The van der Waals surface area contributed by atoms with Gasteiger partial charge < -0.3 is 0 Å². The third-order valence-electron chi connectivity index (χ3n) is 3.89. The largest absolute Gasteiger partial charge is 0.215 e. The van der Waals surface area contributed by atoms with E-state index in [1.165, 1.54) is 4.31 Å². The molecule has 130 valence electrons. The molecule has 1 aromatic carbocycles. The van der Waals surface area contributed by atoms with Gasteiger partial charge in [-0.05, 0) is 24.8 Å². The summed E-state index contributed by atoms with van der Waals surface area (Å²) in [7, 11) is -6.83. The Balaban J connectivity index is 1.77. The molecule has 0 aliphatic carbocycles. The van der Waals surface area contributed by atoms with Crippen LogP contribution in [0.15, 0.2) is 30.3 Å². The molecule has 0 atom stereocenters. The van der Waals surface area contributed by atoms with Crippen LogP contribution in [0, 0.1) is 0 Å². The zero-order valence-corrected chi connectivity index (χ0v) is 14.8. The Morgan fingerprint density at radius 2 is 1.57 bits per heavy atom. The maximum atomic E-state index is 12.1. The number of piperidine rings is 1. The quantitative estimate of drug-likeness (QED) is 0.749. The van der Waals surface area contributed by atoms with Crippen LogP contribution < -0.4 is 4.72 Å². The van der Waals surface area contributed by atoms with Crippen molar-refractivity contribution in [3.8, 4) is 0 Å². The van der Waals surface area contributed by atoms with E-state index in [-0.39, 0.29) is 18.1 Å². The zero-order valence-electron chi connectivity index (χ0n) is 13.1. The summed E-state index contributed by atoms with van der Waals surface area (Å²) in [6.07, 6.45) is 3.22. The van der Waals surface area contributed by atoms with Gasteiger partial charge in [-0.15, -0.1) is 0 Å². The predicted molar refractivity (Wildman–Crippen MR) is 91.1 cm³/mol. The maximum Gasteiger partial charge on any atom is 0.215 e. The Labute approximate surface area is 139 Å². The Hall–Kier alpha value is -0.960. The van der Waals surface area contributed by atoms with Crippen molar-refractivity contribution in [3.05, 3.63) is 35.9 Å². The van der Waals surface area contributed by atoms with E-state index < -0.39 is 20.0 Å². The summed E-state index contributed by atoms with van der Waals surface area (Å²) < 4.78 is 52.0. The first-order valence-electron chi connectivity index (χ1n) is 7.88. The maximum absolute atomic E-state index is 12.1. The lowest BCUT2D eigenvalue weighted by Gasteiger charge is -2.25. The van der Waals surface area contributed by atoms with E-state index >= 15 is 0 Å². The van der Waals surface area contributed by atoms with Crippen LogP contribution in [0.4, 0.5) is 0 Å². The van der Waals surface area contributed by atoms with Crippen LogP contribution in [0.2, 0.25) is 0 Å². The van der Waals surface area contributed by atoms with Gasteiger partial charge in [-0.2, -0.15) is 0 Å². The molecular formula is C15H24N2O4S2. The highest BCUT2D eigenvalue weighted by Crippen LogP contribution is 2.13. The summed E-state index contributed by atoms with van der Waals surface area (Å²) in [6, 6.07) is 9.34. The molecule has 1 aliphatic rings. The van der Waals surface area contributed by atoms with Crippen LogP contribution in [-0.2, 0) is 26.5 Å². The van der Waals surface area contributed by atoms with Crippen molar-refractivity contribution < 1.29 is 16.8 Å². The fraction of sp³-hybridized carbons (Fsp3) is 0.600. The number of rotatable bonds is 8. The van der Waals surface area contributed by atoms with E-state index in [0.29, 0.717) is 19.5 Å². The van der Waals surface area contributed by atoms with Crippen LogP contribution in [-0.4, -0.2) is 52.3 Å². The summed E-state index contributed by atoms with van der Waals surface area (Å²) in [5, 5.41) is 0. The highest BCUT2D eigenvalue weighted by atomic mass is 32.2. The minimum absolute atomic E-state index is 0.0409. The molecule has 0 aromatic heterocycles. The van der Waals surface area contributed by atoms with Crippen molar-refractivity contribution >= 4 is 20.0 Å². The molecule has 1 saturated heterocycles. The number of sulfonamides is 2. The SMILES string of the molecule is O=S(=O)(CCc1ccccc1)NCCS(=O)(=O)N1CCCCC1. The molecule has 0 amide bonds. The van der Waals surface area contributed by atoms with Gasteiger partial charge in [0.1, 0.15) is 0 Å². The monoisotopic (exact) mass is 360 g/mol. The highest BCUT2D eigenvalue weighted by molar-refractivity contribution is 7.90. The van der Waals surface area contributed by atoms with Crippen LogP contribution in [0.1, 0.15) is 24.8 Å². The minimum atomic E-state index is -3.47. The van der Waals surface area contributed by atoms with Gasteiger partial charge >= 0.3 is 0 Å². The average Bonchev–Trinajstić information content (AvgIpc) is 2.54. The van der Waals surface area contributed by atoms with Crippen LogP contribution in [0.25, 0.3) is 0 Å². The molecule has 0 unspecified atom stereocenters. The standard InChI is InChI=1S/C15H24N2O4S2/c18-22(19,13-9-15-7-3-1-4-8-15)16-10-14-23(20,21)17-11-5-2-6-12-17/h1,3-4,7-8,16H,2,5-6,9-14H2. The smallest absolute Gasteiger partial charge is 0.214 e. The molecule has 1 aliphatic heterocycles. The summed E-state index contributed by atoms with van der Waals surface area (Å²) >= 11 is 0. The third kappa shape index (κ3) is 6.21. The van der Waals surface area contributed by atoms with E-state index in [4.69, 9.17) is 0 Å². The Bertz CT molecular complexity index is 681. The number of hydrogen-bond donors (Lipinski definition) is 1. The minimum Gasteiger partial charge on any atom is -0.214 e. The van der Waals surface area contributed by atoms with Crippen molar-refractivity contribution in [1.29, 1.82) is 0 Å². The van der Waals surface area contributed by atoms with Gasteiger partial charge in [0.15, 0.2) is 0 Å². The molecule has 0 radical (unpaired) electrons. The first-order chi connectivity index (χ1) is 10.9. The molecule has 2 rings (SSSR count). The predicted octanol–water partition coefficient (Wildman–Crippen LogP) is 0.964. The number of nitrogens with one attached hydrogen (secondary N) is 1. The van der Waals surface area contributed by atoms with Crippen LogP contribution >= 0.6 is 0 Å². The van der Waals surface area contributed by atoms with Gasteiger partial charge in [-0.3, -0.25) is 0 Å². The fourth-order valence-electron chi connectivity index (χ4n) is 2.57. The molecule has 1 N–H and O–H groups in total. The topological polar surface area (TPSA) is 83.5 Å². The van der Waals surface area contributed by atoms with Crippen LogP contribution in [0.3, 0.4) is 0 Å². The molecule has 0 spiro atoms. The first-order valence-corrected chi connectivity index (χ1v) is 11.1. The zero-order chi connectivity index (χ0) is 16.8. The Morgan fingerprint density at radius 3 is 2.22 bits per heavy atom.